The van der Waals surface area contributed by atoms with Gasteiger partial charge in [-0.15, -0.1) is 0 Å². The Bertz CT molecular complexity index is 534. The van der Waals surface area contributed by atoms with Gasteiger partial charge >= 0.3 is 0 Å². The third-order valence-electron chi connectivity index (χ3n) is 3.82. The van der Waals surface area contributed by atoms with Crippen molar-refractivity contribution in [3.05, 3.63) is 29.8 Å². The predicted molar refractivity (Wildman–Crippen MR) is 81.1 cm³/mol. The number of aliphatic hydroxyl groups is 1. The lowest BCUT2D eigenvalue weighted by Gasteiger charge is -2.21. The summed E-state index contributed by atoms with van der Waals surface area (Å²) in [5.74, 6) is 0.479. The molecule has 0 heterocycles. The minimum atomic E-state index is -3.31. The smallest absolute Gasteiger partial charge is 0.232 e. The normalized spacial score (nSPS) is 18.7. The Balaban J connectivity index is 2.02. The molecule has 1 aromatic carbocycles. The lowest BCUT2D eigenvalue weighted by Crippen LogP contribution is -2.24. The fraction of sp³-hybridized carbons (Fsp3) is 0.600. The summed E-state index contributed by atoms with van der Waals surface area (Å²) in [6.07, 6.45) is 4.91. The molecule has 0 amide bonds. The molecule has 1 aromatic rings. The van der Waals surface area contributed by atoms with E-state index in [1.54, 1.807) is 31.2 Å². The number of aliphatic hydroxyl groups excluding tert-OH is 1. The number of hydrogen-bond acceptors (Lipinski definition) is 3. The van der Waals surface area contributed by atoms with Gasteiger partial charge < -0.3 is 5.11 Å². The van der Waals surface area contributed by atoms with Crippen LogP contribution < -0.4 is 4.72 Å². The molecule has 1 atom stereocenters. The van der Waals surface area contributed by atoms with E-state index in [0.717, 1.165) is 25.7 Å². The lowest BCUT2D eigenvalue weighted by atomic mass is 9.91. The maximum absolute atomic E-state index is 12.2. The van der Waals surface area contributed by atoms with Crippen molar-refractivity contribution in [2.24, 2.45) is 5.92 Å². The topological polar surface area (TPSA) is 66.4 Å². The second kappa shape index (κ2) is 6.59. The highest BCUT2D eigenvalue weighted by atomic mass is 32.2. The van der Waals surface area contributed by atoms with Crippen molar-refractivity contribution in [1.29, 1.82) is 0 Å². The quantitative estimate of drug-likeness (QED) is 0.877. The van der Waals surface area contributed by atoms with Crippen molar-refractivity contribution in [3.8, 4) is 0 Å². The highest BCUT2D eigenvalue weighted by Gasteiger charge is 2.21. The summed E-state index contributed by atoms with van der Waals surface area (Å²) in [5.41, 5.74) is 1.24. The van der Waals surface area contributed by atoms with E-state index in [9.17, 15) is 13.5 Å². The van der Waals surface area contributed by atoms with E-state index < -0.39 is 16.1 Å². The van der Waals surface area contributed by atoms with Crippen molar-refractivity contribution in [2.75, 3.05) is 10.5 Å². The summed E-state index contributed by atoms with van der Waals surface area (Å²) in [6, 6.07) is 6.93. The average Bonchev–Trinajstić information content (AvgIpc) is 2.39. The van der Waals surface area contributed by atoms with Crippen LogP contribution in [0, 0.1) is 5.92 Å². The zero-order valence-corrected chi connectivity index (χ0v) is 12.7. The first-order valence-electron chi connectivity index (χ1n) is 7.25. The zero-order valence-electron chi connectivity index (χ0n) is 11.9. The molecule has 2 N–H and O–H groups in total. The highest BCUT2D eigenvalue weighted by Crippen LogP contribution is 2.26. The van der Waals surface area contributed by atoms with Gasteiger partial charge in [-0.2, -0.15) is 0 Å². The average molecular weight is 297 g/mol. The predicted octanol–water partition coefficient (Wildman–Crippen LogP) is 3.06. The molecule has 1 unspecified atom stereocenters. The highest BCUT2D eigenvalue weighted by molar-refractivity contribution is 7.92. The van der Waals surface area contributed by atoms with Gasteiger partial charge in [0.15, 0.2) is 0 Å². The van der Waals surface area contributed by atoms with Gasteiger partial charge in [-0.25, -0.2) is 8.42 Å². The molecular formula is C15H23NO3S. The maximum Gasteiger partial charge on any atom is 0.232 e. The van der Waals surface area contributed by atoms with E-state index in [1.807, 2.05) is 0 Å². The first-order valence-corrected chi connectivity index (χ1v) is 8.90. The second-order valence-electron chi connectivity index (χ2n) is 5.69. The molecule has 1 fully saturated rings. The molecular weight excluding hydrogens is 274 g/mol. The number of sulfonamides is 1. The molecule has 0 aromatic heterocycles. The van der Waals surface area contributed by atoms with Gasteiger partial charge in [0.2, 0.25) is 10.0 Å². The van der Waals surface area contributed by atoms with Gasteiger partial charge in [-0.1, -0.05) is 31.4 Å². The Kier molecular flexibility index (Phi) is 5.05. The van der Waals surface area contributed by atoms with Crippen molar-refractivity contribution in [2.45, 2.75) is 45.1 Å². The Morgan fingerprint density at radius 1 is 1.30 bits per heavy atom. The van der Waals surface area contributed by atoms with E-state index >= 15 is 0 Å². The molecule has 0 bridgehead atoms. The van der Waals surface area contributed by atoms with Crippen LogP contribution in [0.5, 0.6) is 0 Å². The van der Waals surface area contributed by atoms with E-state index in [4.69, 9.17) is 0 Å². The SMILES string of the molecule is CC(O)c1cccc(NS(=O)(=O)CC2CCCCC2)c1. The molecule has 1 aliphatic rings. The summed E-state index contributed by atoms with van der Waals surface area (Å²) in [5, 5.41) is 9.53. The summed E-state index contributed by atoms with van der Waals surface area (Å²) in [7, 11) is -3.31. The fourth-order valence-electron chi connectivity index (χ4n) is 2.75. The molecule has 5 heteroatoms. The zero-order chi connectivity index (χ0) is 14.6. The minimum absolute atomic E-state index is 0.200. The standard InChI is InChI=1S/C15H23NO3S/c1-12(17)14-8-5-9-15(10-14)16-20(18,19)11-13-6-3-2-4-7-13/h5,8-10,12-13,16-17H,2-4,6-7,11H2,1H3. The summed E-state index contributed by atoms with van der Waals surface area (Å²) in [4.78, 5) is 0. The van der Waals surface area contributed by atoms with Crippen LogP contribution in [0.15, 0.2) is 24.3 Å². The van der Waals surface area contributed by atoms with Gasteiger partial charge in [0.05, 0.1) is 11.9 Å². The van der Waals surface area contributed by atoms with Crippen LogP contribution in [0.3, 0.4) is 0 Å². The first kappa shape index (κ1) is 15.3. The number of anilines is 1. The van der Waals surface area contributed by atoms with Crippen molar-refractivity contribution in [1.82, 2.24) is 0 Å². The van der Waals surface area contributed by atoms with E-state index in [0.29, 0.717) is 11.3 Å². The number of rotatable bonds is 5. The van der Waals surface area contributed by atoms with E-state index in [-0.39, 0.29) is 11.7 Å². The molecule has 0 aliphatic heterocycles. The Labute approximate surface area is 121 Å². The van der Waals surface area contributed by atoms with E-state index in [1.165, 1.54) is 6.42 Å². The Hall–Kier alpha value is -1.07. The largest absolute Gasteiger partial charge is 0.389 e. The molecule has 0 radical (unpaired) electrons. The fourth-order valence-corrected chi connectivity index (χ4v) is 4.27. The number of nitrogens with one attached hydrogen (secondary N) is 1. The summed E-state index contributed by atoms with van der Waals surface area (Å²) >= 11 is 0. The van der Waals surface area contributed by atoms with E-state index in [2.05, 4.69) is 4.72 Å². The Morgan fingerprint density at radius 2 is 2.00 bits per heavy atom. The van der Waals surface area contributed by atoms with Crippen LogP contribution in [-0.4, -0.2) is 19.3 Å². The third kappa shape index (κ3) is 4.49. The van der Waals surface area contributed by atoms with Crippen LogP contribution in [0.2, 0.25) is 0 Å². The molecule has 1 aliphatic carbocycles. The molecule has 2 rings (SSSR count). The maximum atomic E-state index is 12.2. The summed E-state index contributed by atoms with van der Waals surface area (Å²) < 4.78 is 27.0. The number of hydrogen-bond donors (Lipinski definition) is 2. The Morgan fingerprint density at radius 3 is 2.65 bits per heavy atom. The van der Waals surface area contributed by atoms with Crippen LogP contribution >= 0.6 is 0 Å². The van der Waals surface area contributed by atoms with Crippen molar-refractivity contribution in [3.63, 3.8) is 0 Å². The molecule has 112 valence electrons. The van der Waals surface area contributed by atoms with Gasteiger partial charge in [0.1, 0.15) is 0 Å². The van der Waals surface area contributed by atoms with Crippen LogP contribution in [0.1, 0.15) is 50.7 Å². The third-order valence-corrected chi connectivity index (χ3v) is 5.28. The van der Waals surface area contributed by atoms with Gasteiger partial charge in [0.25, 0.3) is 0 Å². The number of benzene rings is 1. The second-order valence-corrected chi connectivity index (χ2v) is 7.46. The minimum Gasteiger partial charge on any atom is -0.389 e. The molecule has 20 heavy (non-hydrogen) atoms. The first-order chi connectivity index (χ1) is 9.46. The summed E-state index contributed by atoms with van der Waals surface area (Å²) in [6.45, 7) is 1.66. The lowest BCUT2D eigenvalue weighted by molar-refractivity contribution is 0.199. The monoisotopic (exact) mass is 297 g/mol. The molecule has 1 saturated carbocycles. The van der Waals surface area contributed by atoms with Crippen LogP contribution in [-0.2, 0) is 10.0 Å². The molecule has 0 saturated heterocycles. The molecule has 4 nitrogen and oxygen atoms in total. The van der Waals surface area contributed by atoms with Crippen LogP contribution in [0.4, 0.5) is 5.69 Å². The molecule has 0 spiro atoms. The van der Waals surface area contributed by atoms with Crippen LogP contribution in [0.25, 0.3) is 0 Å². The van der Waals surface area contributed by atoms with Crippen molar-refractivity contribution < 1.29 is 13.5 Å². The van der Waals surface area contributed by atoms with Gasteiger partial charge in [0, 0.05) is 5.69 Å². The van der Waals surface area contributed by atoms with Crippen molar-refractivity contribution >= 4 is 15.7 Å². The van der Waals surface area contributed by atoms with Gasteiger partial charge in [-0.3, -0.25) is 4.72 Å². The van der Waals surface area contributed by atoms with Gasteiger partial charge in [-0.05, 0) is 43.4 Å².